The van der Waals surface area contributed by atoms with Crippen LogP contribution in [0.5, 0.6) is 0 Å². The van der Waals surface area contributed by atoms with Gasteiger partial charge in [-0.1, -0.05) is 36.9 Å². The van der Waals surface area contributed by atoms with Gasteiger partial charge in [0, 0.05) is 30.4 Å². The Labute approximate surface area is 85.4 Å². The van der Waals surface area contributed by atoms with Crippen LogP contribution in [0, 0.1) is 6.92 Å². The number of nitrogens with zero attached hydrogens (tertiary/aromatic N) is 1. The highest BCUT2D eigenvalue weighted by molar-refractivity contribution is 5.69. The van der Waals surface area contributed by atoms with Gasteiger partial charge in [0.2, 0.25) is 0 Å². The normalized spacial score (nSPS) is 15.7. The maximum absolute atomic E-state index is 4.08. The number of hydrogen-bond donors (Lipinski definition) is 0. The van der Waals surface area contributed by atoms with Crippen LogP contribution in [0.25, 0.3) is 5.70 Å². The second-order valence-corrected chi connectivity index (χ2v) is 3.91. The summed E-state index contributed by atoms with van der Waals surface area (Å²) in [5.41, 5.74) is 6.07. The Morgan fingerprint density at radius 3 is 2.71 bits per heavy atom. The maximum Gasteiger partial charge on any atom is 0.0409 e. The summed E-state index contributed by atoms with van der Waals surface area (Å²) >= 11 is 0. The van der Waals surface area contributed by atoms with Crippen molar-refractivity contribution in [2.45, 2.75) is 13.3 Å². The number of allylic oxidation sites excluding steroid dienone is 1. The number of rotatable bonds is 0. The molecule has 1 aromatic rings. The van der Waals surface area contributed by atoms with E-state index in [1.807, 2.05) is 7.05 Å². The summed E-state index contributed by atoms with van der Waals surface area (Å²) in [5.74, 6) is 0. The number of hydrogen-bond acceptors (Lipinski definition) is 1. The fourth-order valence-corrected chi connectivity index (χ4v) is 1.86. The molecule has 1 heterocycles. The zero-order chi connectivity index (χ0) is 10.3. The minimum atomic E-state index is 0.937. The lowest BCUT2D eigenvalue weighted by atomic mass is 9.94. The molecule has 0 aromatic heterocycles. The van der Waals surface area contributed by atoms with E-state index < -0.39 is 0 Å². The molecule has 0 bridgehead atoms. The fourth-order valence-electron chi connectivity index (χ4n) is 1.86. The van der Waals surface area contributed by atoms with Crippen molar-refractivity contribution in [3.05, 3.63) is 53.7 Å². The van der Waals surface area contributed by atoms with Crippen molar-refractivity contribution in [2.75, 3.05) is 7.05 Å². The van der Waals surface area contributed by atoms with Crippen LogP contribution in [-0.2, 0) is 6.42 Å². The van der Waals surface area contributed by atoms with E-state index in [9.17, 15) is 0 Å². The Hall–Kier alpha value is -1.50. The zero-order valence-corrected chi connectivity index (χ0v) is 8.80. The van der Waals surface area contributed by atoms with Gasteiger partial charge in [0.25, 0.3) is 0 Å². The summed E-state index contributed by atoms with van der Waals surface area (Å²) in [4.78, 5) is 2.07. The molecule has 0 unspecified atom stereocenters. The van der Waals surface area contributed by atoms with Crippen LogP contribution in [0.3, 0.4) is 0 Å². The predicted molar refractivity (Wildman–Crippen MR) is 60.8 cm³/mol. The minimum Gasteiger partial charge on any atom is -0.348 e. The molecule has 0 aliphatic carbocycles. The Kier molecular flexibility index (Phi) is 1.95. The van der Waals surface area contributed by atoms with E-state index in [2.05, 4.69) is 43.2 Å². The summed E-state index contributed by atoms with van der Waals surface area (Å²) in [6.07, 6.45) is 0.937. The van der Waals surface area contributed by atoms with Gasteiger partial charge < -0.3 is 4.90 Å². The number of fused-ring (bicyclic) bond motifs is 1. The molecule has 0 atom stereocenters. The Bertz CT molecular complexity index is 415. The van der Waals surface area contributed by atoms with Crippen LogP contribution in [0.15, 0.2) is 37.1 Å². The van der Waals surface area contributed by atoms with Gasteiger partial charge in [0.1, 0.15) is 0 Å². The zero-order valence-electron chi connectivity index (χ0n) is 8.80. The molecular weight excluding hydrogens is 170 g/mol. The lowest BCUT2D eigenvalue weighted by molar-refractivity contribution is 0.566. The first kappa shape index (κ1) is 9.07. The first-order valence-electron chi connectivity index (χ1n) is 4.80. The SMILES string of the molecule is C=C1Cc2cc(C)ccc2C(=C)N1C. The molecule has 0 N–H and O–H groups in total. The number of likely N-dealkylation sites (N-methyl/N-ethyl adjacent to an activating group) is 1. The second kappa shape index (κ2) is 3.02. The summed E-state index contributed by atoms with van der Waals surface area (Å²) in [6, 6.07) is 6.50. The van der Waals surface area contributed by atoms with Crippen LogP contribution < -0.4 is 0 Å². The maximum atomic E-state index is 4.08. The Morgan fingerprint density at radius 2 is 2.00 bits per heavy atom. The molecule has 14 heavy (non-hydrogen) atoms. The highest BCUT2D eigenvalue weighted by atomic mass is 15.1. The highest BCUT2D eigenvalue weighted by Gasteiger charge is 2.18. The summed E-state index contributed by atoms with van der Waals surface area (Å²) in [6.45, 7) is 10.2. The highest BCUT2D eigenvalue weighted by Crippen LogP contribution is 2.31. The number of aryl methyl sites for hydroxylation is 1. The van der Waals surface area contributed by atoms with Crippen LogP contribution >= 0.6 is 0 Å². The Balaban J connectivity index is 2.56. The summed E-state index contributed by atoms with van der Waals surface area (Å²) in [5, 5.41) is 0. The van der Waals surface area contributed by atoms with Crippen LogP contribution in [0.2, 0.25) is 0 Å². The van der Waals surface area contributed by atoms with Crippen molar-refractivity contribution < 1.29 is 0 Å². The first-order chi connectivity index (χ1) is 6.59. The molecule has 2 rings (SSSR count). The molecule has 1 nitrogen and oxygen atoms in total. The van der Waals surface area contributed by atoms with Crippen molar-refractivity contribution in [1.82, 2.24) is 4.90 Å². The summed E-state index contributed by atoms with van der Waals surface area (Å²) < 4.78 is 0. The van der Waals surface area contributed by atoms with E-state index in [1.165, 1.54) is 16.7 Å². The van der Waals surface area contributed by atoms with Gasteiger partial charge in [-0.3, -0.25) is 0 Å². The smallest absolute Gasteiger partial charge is 0.0409 e. The molecule has 72 valence electrons. The molecule has 0 radical (unpaired) electrons. The van der Waals surface area contributed by atoms with Crippen LogP contribution in [0.4, 0.5) is 0 Å². The topological polar surface area (TPSA) is 3.24 Å². The van der Waals surface area contributed by atoms with Gasteiger partial charge in [0.05, 0.1) is 0 Å². The van der Waals surface area contributed by atoms with Crippen molar-refractivity contribution in [1.29, 1.82) is 0 Å². The van der Waals surface area contributed by atoms with Gasteiger partial charge in [-0.05, 0) is 12.5 Å². The standard InChI is InChI=1S/C13H15N/c1-9-5-6-13-11(3)14(4)10(2)8-12(13)7-9/h5-7H,2-3,8H2,1,4H3. The quantitative estimate of drug-likeness (QED) is 0.600. The predicted octanol–water partition coefficient (Wildman–Crippen LogP) is 2.97. The third kappa shape index (κ3) is 1.25. The molecule has 1 heteroatoms. The van der Waals surface area contributed by atoms with Gasteiger partial charge in [-0.2, -0.15) is 0 Å². The minimum absolute atomic E-state index is 0.937. The Morgan fingerprint density at radius 1 is 1.29 bits per heavy atom. The molecular formula is C13H15N. The van der Waals surface area contributed by atoms with Crippen LogP contribution in [-0.4, -0.2) is 11.9 Å². The monoisotopic (exact) mass is 185 g/mol. The van der Waals surface area contributed by atoms with Crippen molar-refractivity contribution in [3.8, 4) is 0 Å². The van der Waals surface area contributed by atoms with E-state index in [0.29, 0.717) is 0 Å². The fraction of sp³-hybridized carbons (Fsp3) is 0.231. The van der Waals surface area contributed by atoms with Crippen molar-refractivity contribution in [3.63, 3.8) is 0 Å². The van der Waals surface area contributed by atoms with Crippen LogP contribution in [0.1, 0.15) is 16.7 Å². The molecule has 0 amide bonds. The van der Waals surface area contributed by atoms with Crippen molar-refractivity contribution >= 4 is 5.70 Å². The van der Waals surface area contributed by atoms with Gasteiger partial charge in [-0.15, -0.1) is 0 Å². The van der Waals surface area contributed by atoms with E-state index in [-0.39, 0.29) is 0 Å². The first-order valence-corrected chi connectivity index (χ1v) is 4.80. The van der Waals surface area contributed by atoms with Gasteiger partial charge in [0.15, 0.2) is 0 Å². The third-order valence-electron chi connectivity index (χ3n) is 2.85. The lowest BCUT2D eigenvalue weighted by Crippen LogP contribution is -2.22. The molecule has 1 aliphatic heterocycles. The largest absolute Gasteiger partial charge is 0.348 e. The summed E-state index contributed by atoms with van der Waals surface area (Å²) in [7, 11) is 2.02. The molecule has 0 saturated heterocycles. The van der Waals surface area contributed by atoms with Gasteiger partial charge >= 0.3 is 0 Å². The van der Waals surface area contributed by atoms with E-state index in [0.717, 1.165) is 17.8 Å². The second-order valence-electron chi connectivity index (χ2n) is 3.91. The lowest BCUT2D eigenvalue weighted by Gasteiger charge is -2.31. The molecule has 1 aliphatic rings. The molecule has 0 spiro atoms. The van der Waals surface area contributed by atoms with E-state index >= 15 is 0 Å². The van der Waals surface area contributed by atoms with Gasteiger partial charge in [-0.25, -0.2) is 0 Å². The van der Waals surface area contributed by atoms with E-state index in [4.69, 9.17) is 0 Å². The molecule has 0 saturated carbocycles. The van der Waals surface area contributed by atoms with E-state index in [1.54, 1.807) is 0 Å². The van der Waals surface area contributed by atoms with Crippen molar-refractivity contribution in [2.24, 2.45) is 0 Å². The number of benzene rings is 1. The third-order valence-corrected chi connectivity index (χ3v) is 2.85. The average molecular weight is 185 g/mol. The average Bonchev–Trinajstić information content (AvgIpc) is 2.14. The molecule has 0 fully saturated rings. The molecule has 1 aromatic carbocycles.